The predicted octanol–water partition coefficient (Wildman–Crippen LogP) is 2.79. The fraction of sp³-hybridized carbons (Fsp3) is 0.357. The number of hydrogen-bond acceptors (Lipinski definition) is 4. The van der Waals surface area contributed by atoms with E-state index < -0.39 is 0 Å². The number of hydrogen-bond donors (Lipinski definition) is 1. The molecule has 112 valence electrons. The minimum atomic E-state index is -0.347. The highest BCUT2D eigenvalue weighted by Crippen LogP contribution is 2.26. The van der Waals surface area contributed by atoms with Gasteiger partial charge in [-0.2, -0.15) is 0 Å². The minimum Gasteiger partial charge on any atom is -0.326 e. The number of rotatable bonds is 5. The van der Waals surface area contributed by atoms with E-state index in [0.717, 1.165) is 0 Å². The topological polar surface area (TPSA) is 49.4 Å². The van der Waals surface area contributed by atoms with Crippen molar-refractivity contribution in [2.45, 2.75) is 25.0 Å². The van der Waals surface area contributed by atoms with Crippen molar-refractivity contribution in [3.8, 4) is 0 Å². The Kier molecular flexibility index (Phi) is 5.30. The molecule has 0 aromatic heterocycles. The van der Waals surface area contributed by atoms with Crippen LogP contribution >= 0.6 is 24.0 Å². The zero-order chi connectivity index (χ0) is 15.4. The van der Waals surface area contributed by atoms with E-state index in [1.54, 1.807) is 4.90 Å². The van der Waals surface area contributed by atoms with Crippen LogP contribution in [0.15, 0.2) is 24.3 Å². The van der Waals surface area contributed by atoms with Crippen molar-refractivity contribution in [3.63, 3.8) is 0 Å². The Morgan fingerprint density at radius 3 is 2.67 bits per heavy atom. The van der Waals surface area contributed by atoms with Crippen molar-refractivity contribution in [3.05, 3.63) is 30.1 Å². The van der Waals surface area contributed by atoms with E-state index in [1.165, 1.54) is 36.0 Å². The third kappa shape index (κ3) is 4.25. The Morgan fingerprint density at radius 1 is 1.43 bits per heavy atom. The Morgan fingerprint density at radius 2 is 2.10 bits per heavy atom. The molecule has 1 N–H and O–H groups in total. The summed E-state index contributed by atoms with van der Waals surface area (Å²) in [7, 11) is 0. The number of thioether (sulfide) groups is 1. The summed E-state index contributed by atoms with van der Waals surface area (Å²) >= 11 is 6.49. The molecule has 1 aromatic carbocycles. The summed E-state index contributed by atoms with van der Waals surface area (Å²) in [6.45, 7) is 2.27. The third-order valence-electron chi connectivity index (χ3n) is 3.03. The Balaban J connectivity index is 1.76. The average molecular weight is 326 g/mol. The number of halogens is 1. The fourth-order valence-corrected chi connectivity index (χ4v) is 3.38. The highest BCUT2D eigenvalue weighted by molar-refractivity contribution is 8.24. The molecular weight excluding hydrogens is 311 g/mol. The van der Waals surface area contributed by atoms with Gasteiger partial charge in [0, 0.05) is 18.7 Å². The van der Waals surface area contributed by atoms with Crippen LogP contribution in [0.3, 0.4) is 0 Å². The van der Waals surface area contributed by atoms with E-state index in [9.17, 15) is 14.0 Å². The normalized spacial score (nSPS) is 18.2. The van der Waals surface area contributed by atoms with Gasteiger partial charge < -0.3 is 5.32 Å². The summed E-state index contributed by atoms with van der Waals surface area (Å²) < 4.78 is 13.3. The molecule has 4 nitrogen and oxygen atoms in total. The molecule has 0 bridgehead atoms. The van der Waals surface area contributed by atoms with E-state index >= 15 is 0 Å². The summed E-state index contributed by atoms with van der Waals surface area (Å²) in [6.07, 6.45) is 0.814. The van der Waals surface area contributed by atoms with Crippen LogP contribution < -0.4 is 5.32 Å². The summed E-state index contributed by atoms with van der Waals surface area (Å²) in [5.74, 6) is -0.510. The Bertz CT molecular complexity index is 563. The summed E-state index contributed by atoms with van der Waals surface area (Å²) in [6, 6.07) is 5.58. The molecule has 2 rings (SSSR count). The number of carbonyl (C=O) groups excluding carboxylic acids is 2. The van der Waals surface area contributed by atoms with Gasteiger partial charge in [0.25, 0.3) is 0 Å². The first-order valence-corrected chi connectivity index (χ1v) is 7.83. The molecule has 0 aliphatic carbocycles. The number of nitrogens with zero attached hydrogens (tertiary/aromatic N) is 1. The highest BCUT2D eigenvalue weighted by Gasteiger charge is 2.33. The average Bonchev–Trinajstić information content (AvgIpc) is 2.68. The van der Waals surface area contributed by atoms with Gasteiger partial charge in [0.1, 0.15) is 10.1 Å². The largest absolute Gasteiger partial charge is 0.326 e. The van der Waals surface area contributed by atoms with Gasteiger partial charge >= 0.3 is 0 Å². The quantitative estimate of drug-likeness (QED) is 0.845. The van der Waals surface area contributed by atoms with Gasteiger partial charge in [-0.15, -0.1) is 0 Å². The molecule has 1 aliphatic heterocycles. The molecule has 0 spiro atoms. The number of anilines is 1. The third-order valence-corrected chi connectivity index (χ3v) is 4.51. The first-order valence-electron chi connectivity index (χ1n) is 6.55. The number of carbonyl (C=O) groups is 2. The lowest BCUT2D eigenvalue weighted by molar-refractivity contribution is -0.126. The predicted molar refractivity (Wildman–Crippen MR) is 85.6 cm³/mol. The lowest BCUT2D eigenvalue weighted by Gasteiger charge is -2.14. The van der Waals surface area contributed by atoms with Crippen LogP contribution in [-0.2, 0) is 9.59 Å². The van der Waals surface area contributed by atoms with Crippen molar-refractivity contribution < 1.29 is 14.0 Å². The molecule has 1 fully saturated rings. The molecule has 0 radical (unpaired) electrons. The van der Waals surface area contributed by atoms with Gasteiger partial charge in [0.05, 0.1) is 5.25 Å². The van der Waals surface area contributed by atoms with Gasteiger partial charge in [-0.25, -0.2) is 4.39 Å². The first-order chi connectivity index (χ1) is 9.97. The molecule has 1 aliphatic rings. The van der Waals surface area contributed by atoms with E-state index in [1.807, 2.05) is 6.92 Å². The maximum absolute atomic E-state index is 12.7. The van der Waals surface area contributed by atoms with Gasteiger partial charge in [0.15, 0.2) is 0 Å². The Hall–Kier alpha value is -1.47. The Labute approximate surface area is 132 Å². The van der Waals surface area contributed by atoms with E-state index in [2.05, 4.69) is 5.32 Å². The zero-order valence-electron chi connectivity index (χ0n) is 11.5. The lowest BCUT2D eigenvalue weighted by atomic mass is 10.2. The molecular formula is C14H15FN2O2S2. The second-order valence-electron chi connectivity index (χ2n) is 4.67. The van der Waals surface area contributed by atoms with Gasteiger partial charge in [0.2, 0.25) is 11.8 Å². The molecule has 0 saturated carbocycles. The van der Waals surface area contributed by atoms with E-state index in [0.29, 0.717) is 23.0 Å². The summed E-state index contributed by atoms with van der Waals surface area (Å²) in [4.78, 5) is 25.1. The highest BCUT2D eigenvalue weighted by atomic mass is 32.2. The van der Waals surface area contributed by atoms with Crippen molar-refractivity contribution in [2.75, 3.05) is 11.9 Å². The van der Waals surface area contributed by atoms with Crippen LogP contribution in [0, 0.1) is 5.82 Å². The fourth-order valence-electron chi connectivity index (χ4n) is 1.93. The number of benzene rings is 1. The van der Waals surface area contributed by atoms with Crippen LogP contribution in [0.2, 0.25) is 0 Å². The number of thiocarbonyl (C=S) groups is 1. The second kappa shape index (κ2) is 7.00. The van der Waals surface area contributed by atoms with Crippen molar-refractivity contribution >= 4 is 45.8 Å². The first kappa shape index (κ1) is 15.9. The lowest BCUT2D eigenvalue weighted by Crippen LogP contribution is -2.32. The monoisotopic (exact) mass is 326 g/mol. The van der Waals surface area contributed by atoms with E-state index in [4.69, 9.17) is 12.2 Å². The van der Waals surface area contributed by atoms with Gasteiger partial charge in [-0.3, -0.25) is 14.5 Å². The van der Waals surface area contributed by atoms with Crippen LogP contribution in [-0.4, -0.2) is 32.8 Å². The molecule has 1 saturated heterocycles. The summed E-state index contributed by atoms with van der Waals surface area (Å²) in [5.41, 5.74) is 0.554. The number of amides is 2. The van der Waals surface area contributed by atoms with Crippen LogP contribution in [0.5, 0.6) is 0 Å². The van der Waals surface area contributed by atoms with Crippen LogP contribution in [0.1, 0.15) is 19.8 Å². The number of nitrogens with one attached hydrogen (secondary N) is 1. The SMILES string of the molecule is CC1SC(=S)N(CCCC(=O)Nc2ccc(F)cc2)C1=O. The van der Waals surface area contributed by atoms with Crippen molar-refractivity contribution in [2.24, 2.45) is 0 Å². The van der Waals surface area contributed by atoms with Gasteiger partial charge in [-0.05, 0) is 37.6 Å². The van der Waals surface area contributed by atoms with E-state index in [-0.39, 0.29) is 29.3 Å². The summed E-state index contributed by atoms with van der Waals surface area (Å²) in [5, 5.41) is 2.54. The van der Waals surface area contributed by atoms with Gasteiger partial charge in [-0.1, -0.05) is 24.0 Å². The molecule has 1 aromatic rings. The molecule has 7 heteroatoms. The standard InChI is InChI=1S/C14H15FN2O2S2/c1-9-13(19)17(14(20)21-9)8-2-3-12(18)16-11-6-4-10(15)5-7-11/h4-7,9H,2-3,8H2,1H3,(H,16,18). The van der Waals surface area contributed by atoms with Crippen LogP contribution in [0.4, 0.5) is 10.1 Å². The minimum absolute atomic E-state index is 0.00365. The molecule has 2 amide bonds. The van der Waals surface area contributed by atoms with Crippen LogP contribution in [0.25, 0.3) is 0 Å². The smallest absolute Gasteiger partial charge is 0.241 e. The molecule has 21 heavy (non-hydrogen) atoms. The molecule has 1 heterocycles. The van der Waals surface area contributed by atoms with Crippen molar-refractivity contribution in [1.82, 2.24) is 4.90 Å². The molecule has 1 unspecified atom stereocenters. The maximum atomic E-state index is 12.7. The van der Waals surface area contributed by atoms with Crippen molar-refractivity contribution in [1.29, 1.82) is 0 Å². The second-order valence-corrected chi connectivity index (χ2v) is 6.65. The zero-order valence-corrected chi connectivity index (χ0v) is 13.1. The maximum Gasteiger partial charge on any atom is 0.241 e. The molecule has 1 atom stereocenters.